The number of rotatable bonds is 7. The SMILES string of the molecule is COc1ccc(S(=O)(=O)Nc2ccc(N(C)Cc3ccccc3)nn2)cc1. The highest BCUT2D eigenvalue weighted by atomic mass is 32.2. The number of hydrogen-bond acceptors (Lipinski definition) is 6. The Morgan fingerprint density at radius 3 is 2.26 bits per heavy atom. The van der Waals surface area contributed by atoms with Crippen molar-refractivity contribution in [3.8, 4) is 5.75 Å². The number of methoxy groups -OCH3 is 1. The molecule has 0 radical (unpaired) electrons. The lowest BCUT2D eigenvalue weighted by Crippen LogP contribution is -2.19. The van der Waals surface area contributed by atoms with E-state index in [0.29, 0.717) is 18.1 Å². The zero-order chi connectivity index (χ0) is 19.3. The van der Waals surface area contributed by atoms with Gasteiger partial charge in [0.1, 0.15) is 5.75 Å². The summed E-state index contributed by atoms with van der Waals surface area (Å²) in [6, 6.07) is 19.4. The van der Waals surface area contributed by atoms with Crippen molar-refractivity contribution in [2.75, 3.05) is 23.8 Å². The van der Waals surface area contributed by atoms with Gasteiger partial charge < -0.3 is 9.64 Å². The second-order valence-corrected chi connectivity index (χ2v) is 7.58. The van der Waals surface area contributed by atoms with Crippen molar-refractivity contribution < 1.29 is 13.2 Å². The molecule has 27 heavy (non-hydrogen) atoms. The smallest absolute Gasteiger partial charge is 0.263 e. The van der Waals surface area contributed by atoms with Crippen LogP contribution in [0.15, 0.2) is 71.6 Å². The molecule has 1 heterocycles. The molecular weight excluding hydrogens is 364 g/mol. The van der Waals surface area contributed by atoms with Gasteiger partial charge in [0.25, 0.3) is 10.0 Å². The van der Waals surface area contributed by atoms with Gasteiger partial charge in [-0.25, -0.2) is 8.42 Å². The Labute approximate surface area is 158 Å². The standard InChI is InChI=1S/C19H20N4O3S/c1-23(14-15-6-4-3-5-7-15)19-13-12-18(20-21-19)22-27(24,25)17-10-8-16(26-2)9-11-17/h3-13H,14H2,1-2H3,(H,20,22). The molecule has 0 bridgehead atoms. The average molecular weight is 384 g/mol. The van der Waals surface area contributed by atoms with Crippen molar-refractivity contribution >= 4 is 21.7 Å². The van der Waals surface area contributed by atoms with Crippen LogP contribution in [0.25, 0.3) is 0 Å². The van der Waals surface area contributed by atoms with Crippen LogP contribution in [0.3, 0.4) is 0 Å². The summed E-state index contributed by atoms with van der Waals surface area (Å²) < 4.78 is 32.3. The van der Waals surface area contributed by atoms with E-state index in [1.165, 1.54) is 19.2 Å². The van der Waals surface area contributed by atoms with Crippen molar-refractivity contribution in [3.05, 3.63) is 72.3 Å². The Balaban J connectivity index is 1.69. The number of hydrogen-bond donors (Lipinski definition) is 1. The van der Waals surface area contributed by atoms with Crippen LogP contribution in [0.2, 0.25) is 0 Å². The molecule has 1 N–H and O–H groups in total. The molecule has 2 aromatic carbocycles. The molecule has 0 spiro atoms. The molecule has 0 atom stereocenters. The van der Waals surface area contributed by atoms with Crippen molar-refractivity contribution in [3.63, 3.8) is 0 Å². The highest BCUT2D eigenvalue weighted by Crippen LogP contribution is 2.19. The summed E-state index contributed by atoms with van der Waals surface area (Å²) in [5, 5.41) is 8.09. The second kappa shape index (κ2) is 8.05. The Hall–Kier alpha value is -3.13. The molecule has 0 amide bonds. The van der Waals surface area contributed by atoms with Crippen LogP contribution in [-0.2, 0) is 16.6 Å². The van der Waals surface area contributed by atoms with E-state index in [1.54, 1.807) is 24.3 Å². The predicted octanol–water partition coefficient (Wildman–Crippen LogP) is 2.92. The van der Waals surface area contributed by atoms with Crippen LogP contribution in [-0.4, -0.2) is 32.8 Å². The maximum Gasteiger partial charge on any atom is 0.263 e. The van der Waals surface area contributed by atoms with E-state index in [2.05, 4.69) is 14.9 Å². The monoisotopic (exact) mass is 384 g/mol. The van der Waals surface area contributed by atoms with E-state index in [1.807, 2.05) is 42.3 Å². The lowest BCUT2D eigenvalue weighted by atomic mass is 10.2. The molecule has 0 aliphatic heterocycles. The largest absolute Gasteiger partial charge is 0.497 e. The molecular formula is C19H20N4O3S. The van der Waals surface area contributed by atoms with E-state index in [0.717, 1.165) is 5.56 Å². The van der Waals surface area contributed by atoms with Gasteiger partial charge in [0.05, 0.1) is 12.0 Å². The van der Waals surface area contributed by atoms with Gasteiger partial charge in [-0.1, -0.05) is 30.3 Å². The Morgan fingerprint density at radius 2 is 1.67 bits per heavy atom. The Morgan fingerprint density at radius 1 is 0.963 bits per heavy atom. The summed E-state index contributed by atoms with van der Waals surface area (Å²) >= 11 is 0. The topological polar surface area (TPSA) is 84.4 Å². The fourth-order valence-corrected chi connectivity index (χ4v) is 3.47. The van der Waals surface area contributed by atoms with Gasteiger partial charge in [0, 0.05) is 13.6 Å². The maximum absolute atomic E-state index is 12.4. The molecule has 0 fully saturated rings. The summed E-state index contributed by atoms with van der Waals surface area (Å²) in [6.45, 7) is 0.673. The zero-order valence-corrected chi connectivity index (χ0v) is 15.8. The number of benzene rings is 2. The van der Waals surface area contributed by atoms with Gasteiger partial charge in [-0.2, -0.15) is 0 Å². The minimum absolute atomic E-state index is 0.121. The highest BCUT2D eigenvalue weighted by molar-refractivity contribution is 7.92. The van der Waals surface area contributed by atoms with Crippen molar-refractivity contribution in [2.45, 2.75) is 11.4 Å². The maximum atomic E-state index is 12.4. The first-order chi connectivity index (χ1) is 13.0. The van der Waals surface area contributed by atoms with Gasteiger partial charge in [0.15, 0.2) is 11.6 Å². The third kappa shape index (κ3) is 4.73. The van der Waals surface area contributed by atoms with Crippen LogP contribution in [0.4, 0.5) is 11.6 Å². The fourth-order valence-electron chi connectivity index (χ4n) is 2.47. The van der Waals surface area contributed by atoms with Crippen molar-refractivity contribution in [2.24, 2.45) is 0 Å². The number of nitrogens with zero attached hydrogens (tertiary/aromatic N) is 3. The Bertz CT molecular complexity index is 976. The predicted molar refractivity (Wildman–Crippen MR) is 104 cm³/mol. The van der Waals surface area contributed by atoms with Gasteiger partial charge in [-0.15, -0.1) is 10.2 Å². The van der Waals surface area contributed by atoms with Gasteiger partial charge in [-0.3, -0.25) is 4.72 Å². The summed E-state index contributed by atoms with van der Waals surface area (Å²) in [6.07, 6.45) is 0. The third-order valence-corrected chi connectivity index (χ3v) is 5.28. The quantitative estimate of drug-likeness (QED) is 0.674. The first kappa shape index (κ1) is 18.7. The van der Waals surface area contributed by atoms with E-state index in [-0.39, 0.29) is 10.7 Å². The molecule has 140 valence electrons. The first-order valence-electron chi connectivity index (χ1n) is 8.23. The number of anilines is 2. The van der Waals surface area contributed by atoms with E-state index >= 15 is 0 Å². The molecule has 0 saturated heterocycles. The minimum atomic E-state index is -3.74. The van der Waals surface area contributed by atoms with Crippen LogP contribution >= 0.6 is 0 Å². The summed E-state index contributed by atoms with van der Waals surface area (Å²) in [5.41, 5.74) is 1.14. The van der Waals surface area contributed by atoms with E-state index in [9.17, 15) is 8.42 Å². The van der Waals surface area contributed by atoms with Crippen molar-refractivity contribution in [1.82, 2.24) is 10.2 Å². The normalized spacial score (nSPS) is 11.0. The van der Waals surface area contributed by atoms with Crippen molar-refractivity contribution in [1.29, 1.82) is 0 Å². The van der Waals surface area contributed by atoms with E-state index < -0.39 is 10.0 Å². The lowest BCUT2D eigenvalue weighted by molar-refractivity contribution is 0.414. The number of sulfonamides is 1. The number of aromatic nitrogens is 2. The minimum Gasteiger partial charge on any atom is -0.497 e. The van der Waals surface area contributed by atoms with Crippen LogP contribution in [0, 0.1) is 0 Å². The van der Waals surface area contributed by atoms with Gasteiger partial charge >= 0.3 is 0 Å². The molecule has 8 heteroatoms. The lowest BCUT2D eigenvalue weighted by Gasteiger charge is -2.17. The summed E-state index contributed by atoms with van der Waals surface area (Å²) in [7, 11) is -0.319. The second-order valence-electron chi connectivity index (χ2n) is 5.90. The van der Waals surface area contributed by atoms with Crippen LogP contribution < -0.4 is 14.4 Å². The molecule has 0 aliphatic rings. The average Bonchev–Trinajstić information content (AvgIpc) is 2.69. The molecule has 3 rings (SSSR count). The Kier molecular flexibility index (Phi) is 5.56. The molecule has 0 saturated carbocycles. The van der Waals surface area contributed by atoms with Crippen LogP contribution in [0.5, 0.6) is 5.75 Å². The molecule has 7 nitrogen and oxygen atoms in total. The van der Waals surface area contributed by atoms with E-state index in [4.69, 9.17) is 4.74 Å². The molecule has 0 aliphatic carbocycles. The summed E-state index contributed by atoms with van der Waals surface area (Å²) in [4.78, 5) is 2.06. The van der Waals surface area contributed by atoms with Crippen LogP contribution in [0.1, 0.15) is 5.56 Å². The number of nitrogens with one attached hydrogen (secondary N) is 1. The summed E-state index contributed by atoms with van der Waals surface area (Å²) in [5.74, 6) is 1.38. The molecule has 1 aromatic heterocycles. The molecule has 3 aromatic rings. The number of ether oxygens (including phenoxy) is 1. The molecule has 0 unspecified atom stereocenters. The first-order valence-corrected chi connectivity index (χ1v) is 9.72. The van der Waals surface area contributed by atoms with Gasteiger partial charge in [0.2, 0.25) is 0 Å². The highest BCUT2D eigenvalue weighted by Gasteiger charge is 2.15. The fraction of sp³-hybridized carbons (Fsp3) is 0.158. The zero-order valence-electron chi connectivity index (χ0n) is 15.0. The third-order valence-electron chi connectivity index (χ3n) is 3.91. The van der Waals surface area contributed by atoms with Gasteiger partial charge in [-0.05, 0) is 42.0 Å².